The van der Waals surface area contributed by atoms with Crippen LogP contribution in [0.4, 0.5) is 5.69 Å². The number of nitrogens with zero attached hydrogens (tertiary/aromatic N) is 2. The van der Waals surface area contributed by atoms with Crippen molar-refractivity contribution in [3.05, 3.63) is 29.3 Å². The van der Waals surface area contributed by atoms with Gasteiger partial charge in [0, 0.05) is 18.2 Å². The third kappa shape index (κ3) is 3.00. The molecule has 0 spiro atoms. The first-order chi connectivity index (χ1) is 9.04. The zero-order valence-corrected chi connectivity index (χ0v) is 11.9. The van der Waals surface area contributed by atoms with Crippen molar-refractivity contribution in [1.29, 1.82) is 0 Å². The van der Waals surface area contributed by atoms with Crippen LogP contribution in [0.3, 0.4) is 0 Å². The summed E-state index contributed by atoms with van der Waals surface area (Å²) in [6, 6.07) is 6.33. The van der Waals surface area contributed by atoms with Crippen molar-refractivity contribution >= 4 is 11.5 Å². The number of aryl methyl sites for hydroxylation is 1. The molecule has 4 nitrogen and oxygen atoms in total. The van der Waals surface area contributed by atoms with E-state index in [0.29, 0.717) is 6.04 Å². The lowest BCUT2D eigenvalue weighted by molar-refractivity contribution is 0.318. The fraction of sp³-hybridized carbons (Fsp3) is 0.533. The molecule has 4 heteroatoms. The van der Waals surface area contributed by atoms with Crippen molar-refractivity contribution in [3.63, 3.8) is 0 Å². The van der Waals surface area contributed by atoms with E-state index in [1.165, 1.54) is 18.4 Å². The summed E-state index contributed by atoms with van der Waals surface area (Å²) in [5, 5.41) is 12.1. The second-order valence-corrected chi connectivity index (χ2v) is 5.65. The Morgan fingerprint density at radius 2 is 2.16 bits per heavy atom. The predicted octanol–water partition coefficient (Wildman–Crippen LogP) is 2.71. The second-order valence-electron chi connectivity index (χ2n) is 5.65. The van der Waals surface area contributed by atoms with Crippen molar-refractivity contribution in [2.45, 2.75) is 39.7 Å². The van der Waals surface area contributed by atoms with Crippen LogP contribution >= 0.6 is 0 Å². The Morgan fingerprint density at radius 1 is 1.47 bits per heavy atom. The van der Waals surface area contributed by atoms with E-state index in [4.69, 9.17) is 10.9 Å². The molecule has 3 N–H and O–H groups in total. The molecule has 1 aliphatic carbocycles. The summed E-state index contributed by atoms with van der Waals surface area (Å²) >= 11 is 0. The zero-order chi connectivity index (χ0) is 14.0. The average molecular weight is 261 g/mol. The first-order valence-electron chi connectivity index (χ1n) is 6.88. The van der Waals surface area contributed by atoms with Crippen LogP contribution < -0.4 is 10.6 Å². The van der Waals surface area contributed by atoms with Gasteiger partial charge in [-0.1, -0.05) is 17.3 Å². The molecule has 0 aromatic heterocycles. The molecule has 1 aromatic rings. The summed E-state index contributed by atoms with van der Waals surface area (Å²) in [4.78, 5) is 2.38. The molecule has 0 amide bonds. The number of nitrogens with two attached hydrogens (primary N) is 1. The molecule has 104 valence electrons. The second kappa shape index (κ2) is 5.51. The van der Waals surface area contributed by atoms with Gasteiger partial charge in [-0.05, 0) is 51.2 Å². The van der Waals surface area contributed by atoms with Crippen molar-refractivity contribution in [1.82, 2.24) is 0 Å². The van der Waals surface area contributed by atoms with Gasteiger partial charge in [0.25, 0.3) is 0 Å². The molecule has 0 saturated heterocycles. The summed E-state index contributed by atoms with van der Waals surface area (Å²) in [5.74, 6) is 0.974. The molecule has 1 aromatic carbocycles. The summed E-state index contributed by atoms with van der Waals surface area (Å²) in [6.45, 7) is 7.50. The molecule has 0 atom stereocenters. The largest absolute Gasteiger partial charge is 0.409 e. The normalized spacial score (nSPS) is 15.9. The van der Waals surface area contributed by atoms with Crippen LogP contribution in [0.1, 0.15) is 37.8 Å². The maximum Gasteiger partial charge on any atom is 0.172 e. The van der Waals surface area contributed by atoms with Gasteiger partial charge in [-0.3, -0.25) is 0 Å². The number of para-hydroxylation sites is 1. The molecular formula is C15H23N3O. The number of rotatable bonds is 5. The number of hydrogen-bond acceptors (Lipinski definition) is 3. The monoisotopic (exact) mass is 261 g/mol. The minimum Gasteiger partial charge on any atom is -0.409 e. The van der Waals surface area contributed by atoms with E-state index in [0.717, 1.165) is 23.7 Å². The molecule has 1 aliphatic rings. The number of benzene rings is 1. The number of oxime groups is 1. The molecule has 1 fully saturated rings. The minimum absolute atomic E-state index is 0.181. The van der Waals surface area contributed by atoms with Crippen molar-refractivity contribution < 1.29 is 5.21 Å². The maximum absolute atomic E-state index is 8.96. The molecule has 0 radical (unpaired) electrons. The predicted molar refractivity (Wildman–Crippen MR) is 78.9 cm³/mol. The Kier molecular flexibility index (Phi) is 3.98. The minimum atomic E-state index is 0.181. The Balaban J connectivity index is 2.44. The third-order valence-corrected chi connectivity index (χ3v) is 3.68. The summed E-state index contributed by atoms with van der Waals surface area (Å²) in [5.41, 5.74) is 8.90. The lowest BCUT2D eigenvalue weighted by Gasteiger charge is -2.32. The third-order valence-electron chi connectivity index (χ3n) is 3.68. The van der Waals surface area contributed by atoms with Crippen LogP contribution in [0.25, 0.3) is 0 Å². The zero-order valence-electron chi connectivity index (χ0n) is 11.9. The fourth-order valence-corrected chi connectivity index (χ4v) is 2.44. The van der Waals surface area contributed by atoms with Gasteiger partial charge in [0.2, 0.25) is 0 Å². The van der Waals surface area contributed by atoms with Crippen LogP contribution in [0, 0.1) is 12.8 Å². The molecule has 0 heterocycles. The molecule has 1 saturated carbocycles. The first-order valence-corrected chi connectivity index (χ1v) is 6.88. The standard InChI is InChI=1S/C15H23N3O/c1-10(2)18(9-12-7-8-12)14-11(3)5-4-6-13(14)15(16)17-19/h4-6,10,12,19H,7-9H2,1-3H3,(H2,16,17). The molecule has 2 rings (SSSR count). The Bertz CT molecular complexity index is 478. The van der Waals surface area contributed by atoms with E-state index in [1.807, 2.05) is 12.1 Å². The van der Waals surface area contributed by atoms with Crippen LogP contribution in [0.5, 0.6) is 0 Å². The van der Waals surface area contributed by atoms with E-state index < -0.39 is 0 Å². The highest BCUT2D eigenvalue weighted by Crippen LogP contribution is 2.34. The van der Waals surface area contributed by atoms with Crippen molar-refractivity contribution in [2.75, 3.05) is 11.4 Å². The van der Waals surface area contributed by atoms with Crippen LogP contribution in [-0.4, -0.2) is 23.6 Å². The Labute approximate surface area is 114 Å². The van der Waals surface area contributed by atoms with Crippen molar-refractivity contribution in [2.24, 2.45) is 16.8 Å². The highest BCUT2D eigenvalue weighted by atomic mass is 16.4. The van der Waals surface area contributed by atoms with Gasteiger partial charge < -0.3 is 15.8 Å². The van der Waals surface area contributed by atoms with E-state index in [9.17, 15) is 0 Å². The molecule has 0 aliphatic heterocycles. The van der Waals surface area contributed by atoms with Gasteiger partial charge in [-0.2, -0.15) is 0 Å². The molecule has 19 heavy (non-hydrogen) atoms. The summed E-state index contributed by atoms with van der Waals surface area (Å²) in [6.07, 6.45) is 2.63. The number of anilines is 1. The van der Waals surface area contributed by atoms with Gasteiger partial charge in [-0.25, -0.2) is 0 Å². The highest BCUT2D eigenvalue weighted by molar-refractivity contribution is 6.02. The smallest absolute Gasteiger partial charge is 0.172 e. The Morgan fingerprint density at radius 3 is 2.68 bits per heavy atom. The highest BCUT2D eigenvalue weighted by Gasteiger charge is 2.27. The van der Waals surface area contributed by atoms with Gasteiger partial charge in [0.15, 0.2) is 5.84 Å². The van der Waals surface area contributed by atoms with Crippen LogP contribution in [-0.2, 0) is 0 Å². The average Bonchev–Trinajstić information content (AvgIpc) is 3.19. The SMILES string of the molecule is Cc1cccc(/C(N)=N/O)c1N(CC1CC1)C(C)C. The Hall–Kier alpha value is -1.71. The molecule has 0 bridgehead atoms. The van der Waals surface area contributed by atoms with Crippen LogP contribution in [0.2, 0.25) is 0 Å². The lowest BCUT2D eigenvalue weighted by Crippen LogP contribution is -2.35. The topological polar surface area (TPSA) is 61.9 Å². The quantitative estimate of drug-likeness (QED) is 0.371. The number of amidine groups is 1. The summed E-state index contributed by atoms with van der Waals surface area (Å²) in [7, 11) is 0. The molecular weight excluding hydrogens is 238 g/mol. The first kappa shape index (κ1) is 13.7. The van der Waals surface area contributed by atoms with E-state index in [1.54, 1.807) is 0 Å². The van der Waals surface area contributed by atoms with E-state index >= 15 is 0 Å². The van der Waals surface area contributed by atoms with Gasteiger partial charge in [0.1, 0.15) is 0 Å². The van der Waals surface area contributed by atoms with E-state index in [-0.39, 0.29) is 5.84 Å². The summed E-state index contributed by atoms with van der Waals surface area (Å²) < 4.78 is 0. The lowest BCUT2D eigenvalue weighted by atomic mass is 10.0. The fourth-order valence-electron chi connectivity index (χ4n) is 2.44. The molecule has 0 unspecified atom stereocenters. The van der Waals surface area contributed by atoms with Crippen LogP contribution in [0.15, 0.2) is 23.4 Å². The van der Waals surface area contributed by atoms with Gasteiger partial charge in [-0.15, -0.1) is 0 Å². The van der Waals surface area contributed by atoms with Gasteiger partial charge in [0.05, 0.1) is 5.69 Å². The maximum atomic E-state index is 8.96. The van der Waals surface area contributed by atoms with E-state index in [2.05, 4.69) is 36.9 Å². The van der Waals surface area contributed by atoms with Gasteiger partial charge >= 0.3 is 0 Å². The number of hydrogen-bond donors (Lipinski definition) is 2. The van der Waals surface area contributed by atoms with Crippen molar-refractivity contribution in [3.8, 4) is 0 Å².